The quantitative estimate of drug-likeness (QED) is 0.592. The van der Waals surface area contributed by atoms with E-state index in [0.29, 0.717) is 24.5 Å². The van der Waals surface area contributed by atoms with Gasteiger partial charge in [0.25, 0.3) is 5.91 Å². The number of aromatic nitrogens is 4. The third kappa shape index (κ3) is 4.67. The van der Waals surface area contributed by atoms with Crippen LogP contribution >= 0.6 is 0 Å². The molecule has 2 aliphatic rings. The number of β-amino-alcohol motifs (C(OH)–C–C–N with tert-alkyl or cyclic N) is 1. The largest absolute Gasteiger partial charge is 0.389 e. The summed E-state index contributed by atoms with van der Waals surface area (Å²) < 4.78 is 13.1. The number of aliphatic hydroxyl groups excluding tert-OH is 1. The van der Waals surface area contributed by atoms with Crippen LogP contribution in [0, 0.1) is 5.82 Å². The van der Waals surface area contributed by atoms with E-state index in [0.717, 1.165) is 43.6 Å². The average Bonchev–Trinajstić information content (AvgIpc) is 2.83. The molecule has 0 spiro atoms. The van der Waals surface area contributed by atoms with E-state index in [1.165, 1.54) is 24.7 Å². The molecule has 10 nitrogen and oxygen atoms in total. The Labute approximate surface area is 189 Å². The van der Waals surface area contributed by atoms with Crippen LogP contribution in [0.2, 0.25) is 0 Å². The first-order valence-corrected chi connectivity index (χ1v) is 10.7. The summed E-state index contributed by atoms with van der Waals surface area (Å²) in [4.78, 5) is 35.8. The summed E-state index contributed by atoms with van der Waals surface area (Å²) in [5.41, 5.74) is 0.413. The molecule has 170 valence electrons. The van der Waals surface area contributed by atoms with Crippen LogP contribution < -0.4 is 20.0 Å². The smallest absolute Gasteiger partial charge is 0.258 e. The van der Waals surface area contributed by atoms with Crippen LogP contribution in [-0.2, 0) is 0 Å². The molecule has 3 aromatic rings. The number of hydrogen-bond donors (Lipinski definition) is 2. The van der Waals surface area contributed by atoms with E-state index < -0.39 is 0 Å². The van der Waals surface area contributed by atoms with Gasteiger partial charge in [0.2, 0.25) is 0 Å². The number of carbonyl (C=O) groups excluding carboxylic acids is 1. The van der Waals surface area contributed by atoms with Crippen LogP contribution in [0.25, 0.3) is 0 Å². The van der Waals surface area contributed by atoms with Gasteiger partial charge < -0.3 is 25.1 Å². The normalized spacial score (nSPS) is 16.5. The molecular formula is C22H23FN8O2. The molecule has 0 saturated carbocycles. The fraction of sp³-hybridized carbons (Fsp3) is 0.318. The SMILES string of the molecule is O=C(Nc1cnc(N2CCN(c3ccc(F)cn3)CC2)cn1)c1ccc(N2CC(O)C2)nc1. The van der Waals surface area contributed by atoms with Crippen molar-refractivity contribution >= 4 is 29.2 Å². The number of carbonyl (C=O) groups is 1. The van der Waals surface area contributed by atoms with Crippen LogP contribution in [0.4, 0.5) is 27.7 Å². The fourth-order valence-corrected chi connectivity index (χ4v) is 3.81. The molecular weight excluding hydrogens is 427 g/mol. The number of nitrogens with one attached hydrogen (secondary N) is 1. The third-order valence-electron chi connectivity index (χ3n) is 5.72. The maximum atomic E-state index is 13.1. The molecule has 0 bridgehead atoms. The lowest BCUT2D eigenvalue weighted by Crippen LogP contribution is -2.51. The van der Waals surface area contributed by atoms with Gasteiger partial charge in [-0.2, -0.15) is 0 Å². The highest BCUT2D eigenvalue weighted by Crippen LogP contribution is 2.20. The molecule has 0 aromatic carbocycles. The van der Waals surface area contributed by atoms with Gasteiger partial charge in [-0.1, -0.05) is 0 Å². The number of pyridine rings is 2. The van der Waals surface area contributed by atoms with Crippen molar-refractivity contribution in [2.75, 3.05) is 59.3 Å². The number of rotatable bonds is 5. The lowest BCUT2D eigenvalue weighted by Gasteiger charge is -2.36. The number of hydrogen-bond acceptors (Lipinski definition) is 9. The van der Waals surface area contributed by atoms with Gasteiger partial charge in [0.1, 0.15) is 23.3 Å². The van der Waals surface area contributed by atoms with Gasteiger partial charge in [-0.3, -0.25) is 4.79 Å². The lowest BCUT2D eigenvalue weighted by atomic mass is 10.1. The van der Waals surface area contributed by atoms with E-state index in [4.69, 9.17) is 0 Å². The molecule has 0 aliphatic carbocycles. The van der Waals surface area contributed by atoms with E-state index in [2.05, 4.69) is 35.1 Å². The van der Waals surface area contributed by atoms with Crippen LogP contribution in [-0.4, -0.2) is 76.3 Å². The molecule has 3 aromatic heterocycles. The van der Waals surface area contributed by atoms with E-state index in [1.54, 1.807) is 24.4 Å². The summed E-state index contributed by atoms with van der Waals surface area (Å²) in [7, 11) is 0. The minimum atomic E-state index is -0.347. The van der Waals surface area contributed by atoms with Crippen LogP contribution in [0.5, 0.6) is 0 Å². The zero-order valence-corrected chi connectivity index (χ0v) is 17.8. The van der Waals surface area contributed by atoms with Crippen LogP contribution in [0.15, 0.2) is 49.1 Å². The summed E-state index contributed by atoms with van der Waals surface area (Å²) in [6, 6.07) is 6.55. The number of nitrogens with zero attached hydrogens (tertiary/aromatic N) is 7. The van der Waals surface area contributed by atoms with Crippen molar-refractivity contribution in [3.8, 4) is 0 Å². The Hall–Kier alpha value is -3.86. The van der Waals surface area contributed by atoms with Gasteiger partial charge in [0.15, 0.2) is 5.82 Å². The minimum Gasteiger partial charge on any atom is -0.389 e. The standard InChI is InChI=1S/C22H23FN8O2/c23-16-2-4-19(26-10-16)29-5-7-30(8-6-29)21-12-24-18(11-27-21)28-22(33)15-1-3-20(25-9-15)31-13-17(32)14-31/h1-4,9-12,17,32H,5-8,13-14H2,(H,24,28,33). The maximum absolute atomic E-state index is 13.1. The second kappa shape index (κ2) is 8.94. The molecule has 2 aliphatic heterocycles. The molecule has 0 unspecified atom stereocenters. The molecule has 0 atom stereocenters. The van der Waals surface area contributed by atoms with Gasteiger partial charge in [0, 0.05) is 45.5 Å². The van der Waals surface area contributed by atoms with E-state index >= 15 is 0 Å². The maximum Gasteiger partial charge on any atom is 0.258 e. The zero-order valence-electron chi connectivity index (χ0n) is 17.8. The minimum absolute atomic E-state index is 0.313. The summed E-state index contributed by atoms with van der Waals surface area (Å²) >= 11 is 0. The Bertz CT molecular complexity index is 1100. The first-order chi connectivity index (χ1) is 16.0. The number of halogens is 1. The topological polar surface area (TPSA) is 111 Å². The molecule has 11 heteroatoms. The highest BCUT2D eigenvalue weighted by Gasteiger charge is 2.25. The predicted molar refractivity (Wildman–Crippen MR) is 121 cm³/mol. The Morgan fingerprint density at radius 1 is 0.818 bits per heavy atom. The van der Waals surface area contributed by atoms with Gasteiger partial charge in [-0.25, -0.2) is 24.3 Å². The number of aliphatic hydroxyl groups is 1. The highest BCUT2D eigenvalue weighted by molar-refractivity contribution is 6.03. The van der Waals surface area contributed by atoms with Crippen molar-refractivity contribution in [1.29, 1.82) is 0 Å². The Morgan fingerprint density at radius 3 is 2.03 bits per heavy atom. The molecule has 1 amide bonds. The molecule has 5 heterocycles. The van der Waals surface area contributed by atoms with Crippen molar-refractivity contribution in [2.45, 2.75) is 6.10 Å². The summed E-state index contributed by atoms with van der Waals surface area (Å²) in [6.07, 6.45) is 5.59. The summed E-state index contributed by atoms with van der Waals surface area (Å²) in [6.45, 7) is 4.03. The monoisotopic (exact) mass is 450 g/mol. The second-order valence-electron chi connectivity index (χ2n) is 7.99. The van der Waals surface area contributed by atoms with Crippen molar-refractivity contribution < 1.29 is 14.3 Å². The number of anilines is 4. The van der Waals surface area contributed by atoms with Gasteiger partial charge in [-0.05, 0) is 24.3 Å². The average molecular weight is 450 g/mol. The molecule has 2 fully saturated rings. The number of amides is 1. The van der Waals surface area contributed by atoms with Crippen molar-refractivity contribution in [3.05, 3.63) is 60.4 Å². The number of piperazine rings is 1. The van der Waals surface area contributed by atoms with Crippen molar-refractivity contribution in [2.24, 2.45) is 0 Å². The Morgan fingerprint density at radius 2 is 1.45 bits per heavy atom. The predicted octanol–water partition coefficient (Wildman–Crippen LogP) is 1.17. The second-order valence-corrected chi connectivity index (χ2v) is 7.99. The van der Waals surface area contributed by atoms with Gasteiger partial charge in [-0.15, -0.1) is 0 Å². The van der Waals surface area contributed by atoms with Crippen LogP contribution in [0.3, 0.4) is 0 Å². The van der Waals surface area contributed by atoms with Crippen LogP contribution in [0.1, 0.15) is 10.4 Å². The molecule has 5 rings (SSSR count). The third-order valence-corrected chi connectivity index (χ3v) is 5.72. The summed E-state index contributed by atoms with van der Waals surface area (Å²) in [5.74, 6) is 1.90. The molecule has 2 N–H and O–H groups in total. The molecule has 0 radical (unpaired) electrons. The first-order valence-electron chi connectivity index (χ1n) is 10.7. The first kappa shape index (κ1) is 21.0. The van der Waals surface area contributed by atoms with E-state index in [1.807, 2.05) is 4.90 Å². The fourth-order valence-electron chi connectivity index (χ4n) is 3.81. The van der Waals surface area contributed by atoms with Gasteiger partial charge >= 0.3 is 0 Å². The van der Waals surface area contributed by atoms with Gasteiger partial charge in [0.05, 0.1) is 30.3 Å². The van der Waals surface area contributed by atoms with E-state index in [9.17, 15) is 14.3 Å². The zero-order chi connectivity index (χ0) is 22.8. The van der Waals surface area contributed by atoms with Crippen molar-refractivity contribution in [3.63, 3.8) is 0 Å². The molecule has 2 saturated heterocycles. The Kier molecular flexibility index (Phi) is 5.69. The lowest BCUT2D eigenvalue weighted by molar-refractivity contribution is 0.102. The Balaban J connectivity index is 1.14. The van der Waals surface area contributed by atoms with Crippen molar-refractivity contribution in [1.82, 2.24) is 19.9 Å². The summed E-state index contributed by atoms with van der Waals surface area (Å²) in [5, 5.41) is 12.1. The highest BCUT2D eigenvalue weighted by atomic mass is 19.1. The van der Waals surface area contributed by atoms with E-state index in [-0.39, 0.29) is 17.8 Å². The molecule has 33 heavy (non-hydrogen) atoms.